The van der Waals surface area contributed by atoms with Crippen LogP contribution in [0.25, 0.3) is 12.0 Å². The van der Waals surface area contributed by atoms with Gasteiger partial charge in [-0.3, -0.25) is 0 Å². The number of nitrogens with zero attached hydrogens (tertiary/aromatic N) is 1. The second kappa shape index (κ2) is 4.66. The summed E-state index contributed by atoms with van der Waals surface area (Å²) in [6, 6.07) is 0. The van der Waals surface area contributed by atoms with Gasteiger partial charge in [-0.15, -0.1) is 0 Å². The van der Waals surface area contributed by atoms with Gasteiger partial charge < -0.3 is 16.2 Å². The third kappa shape index (κ3) is 2.26. The molecule has 1 aromatic heterocycles. The Morgan fingerprint density at radius 3 is 2.86 bits per heavy atom. The van der Waals surface area contributed by atoms with E-state index in [1.807, 2.05) is 25.2 Å². The smallest absolute Gasteiger partial charge is 0.212 e. The lowest BCUT2D eigenvalue weighted by Crippen LogP contribution is -2.28. The number of nitrogen functional groups attached to an aromatic ring is 1. The quantitative estimate of drug-likeness (QED) is 0.707. The molecule has 0 spiro atoms. The fourth-order valence-electron chi connectivity index (χ4n) is 0.919. The molecule has 1 aromatic rings. The second-order valence-electron chi connectivity index (χ2n) is 2.53. The van der Waals surface area contributed by atoms with E-state index in [4.69, 9.17) is 16.2 Å². The van der Waals surface area contributed by atoms with Crippen LogP contribution in [0.4, 0.5) is 5.13 Å². The molecule has 0 radical (unpaired) electrons. The minimum atomic E-state index is 0.286. The summed E-state index contributed by atoms with van der Waals surface area (Å²) in [7, 11) is 1.50. The highest BCUT2D eigenvalue weighted by atomic mass is 32.1. The van der Waals surface area contributed by atoms with Crippen molar-refractivity contribution in [2.45, 2.75) is 6.92 Å². The molecule has 0 unspecified atom stereocenters. The average molecular weight is 211 g/mol. The van der Waals surface area contributed by atoms with Gasteiger partial charge in [0.15, 0.2) is 5.13 Å². The van der Waals surface area contributed by atoms with Crippen LogP contribution in [0, 0.1) is 0 Å². The minimum absolute atomic E-state index is 0.286. The predicted molar refractivity (Wildman–Crippen MR) is 59.7 cm³/mol. The molecule has 4 nitrogen and oxygen atoms in total. The van der Waals surface area contributed by atoms with Crippen molar-refractivity contribution in [3.63, 3.8) is 0 Å². The number of hydrogen-bond donors (Lipinski definition) is 2. The van der Waals surface area contributed by atoms with Crippen LogP contribution >= 0.6 is 11.3 Å². The Morgan fingerprint density at radius 1 is 1.57 bits per heavy atom. The molecule has 4 N–H and O–H groups in total. The second-order valence-corrected chi connectivity index (χ2v) is 3.59. The van der Waals surface area contributed by atoms with Gasteiger partial charge in [0.2, 0.25) is 5.88 Å². The van der Waals surface area contributed by atoms with Crippen LogP contribution in [0.3, 0.4) is 0 Å². The minimum Gasteiger partial charge on any atom is -0.481 e. The summed E-state index contributed by atoms with van der Waals surface area (Å²) in [6.07, 6.45) is 5.72. The molecule has 0 fully saturated rings. The largest absolute Gasteiger partial charge is 0.481 e. The molecule has 76 valence electrons. The standard InChI is InChI=1S/C9H13N3OS/c1-3-4-5-6-7(8(10)13-2)12-9(11)14-6/h3-5H,10H2,1-2H3,(H2,11,12)/b4-3+,6-5+,8-7-. The Hall–Kier alpha value is -1.49. The topological polar surface area (TPSA) is 74.2 Å². The predicted octanol–water partition coefficient (Wildman–Crippen LogP) is -0.247. The first kappa shape index (κ1) is 10.6. The zero-order chi connectivity index (χ0) is 10.6. The zero-order valence-electron chi connectivity index (χ0n) is 8.15. The third-order valence-corrected chi connectivity index (χ3v) is 2.41. The maximum Gasteiger partial charge on any atom is 0.212 e. The number of hydrogen-bond acceptors (Lipinski definition) is 5. The van der Waals surface area contributed by atoms with E-state index in [2.05, 4.69) is 4.98 Å². The van der Waals surface area contributed by atoms with Crippen LogP contribution in [-0.4, -0.2) is 12.1 Å². The maximum absolute atomic E-state index is 5.62. The van der Waals surface area contributed by atoms with Crippen LogP contribution < -0.4 is 21.3 Å². The third-order valence-electron chi connectivity index (χ3n) is 1.56. The van der Waals surface area contributed by atoms with Crippen molar-refractivity contribution in [2.24, 2.45) is 5.73 Å². The Morgan fingerprint density at radius 2 is 2.29 bits per heavy atom. The van der Waals surface area contributed by atoms with Gasteiger partial charge in [-0.25, -0.2) is 4.98 Å². The van der Waals surface area contributed by atoms with E-state index in [-0.39, 0.29) is 5.88 Å². The van der Waals surface area contributed by atoms with Gasteiger partial charge >= 0.3 is 0 Å². The molecular weight excluding hydrogens is 198 g/mol. The summed E-state index contributed by atoms with van der Waals surface area (Å²) in [5.41, 5.74) is 11.2. The van der Waals surface area contributed by atoms with Crippen LogP contribution in [0.5, 0.6) is 0 Å². The Labute approximate surface area is 86.2 Å². The number of thiazole rings is 1. The van der Waals surface area contributed by atoms with Gasteiger partial charge in [0, 0.05) is 0 Å². The summed E-state index contributed by atoms with van der Waals surface area (Å²) in [5.74, 6) is 0.286. The summed E-state index contributed by atoms with van der Waals surface area (Å²) in [6.45, 7) is 1.93. The maximum atomic E-state index is 5.62. The van der Waals surface area contributed by atoms with E-state index in [1.54, 1.807) is 0 Å². The highest BCUT2D eigenvalue weighted by Gasteiger charge is 1.99. The summed E-state index contributed by atoms with van der Waals surface area (Å²) in [4.78, 5) is 4.08. The highest BCUT2D eigenvalue weighted by molar-refractivity contribution is 7.13. The molecule has 0 saturated carbocycles. The van der Waals surface area contributed by atoms with Crippen LogP contribution in [0.15, 0.2) is 12.2 Å². The number of ether oxygens (including phenoxy) is 1. The molecule has 0 bridgehead atoms. The van der Waals surface area contributed by atoms with Gasteiger partial charge in [0.05, 0.1) is 11.6 Å². The molecule has 5 heteroatoms. The monoisotopic (exact) mass is 211 g/mol. The lowest BCUT2D eigenvalue weighted by molar-refractivity contribution is 0.355. The van der Waals surface area contributed by atoms with E-state index in [9.17, 15) is 0 Å². The molecule has 0 amide bonds. The molecule has 1 heterocycles. The number of methoxy groups -OCH3 is 1. The van der Waals surface area contributed by atoms with Crippen molar-refractivity contribution < 1.29 is 4.74 Å². The molecule has 0 aliphatic heterocycles. The van der Waals surface area contributed by atoms with Crippen molar-refractivity contribution in [3.05, 3.63) is 22.0 Å². The first-order chi connectivity index (χ1) is 6.69. The van der Waals surface area contributed by atoms with Crippen molar-refractivity contribution in [1.29, 1.82) is 0 Å². The fraction of sp³-hybridized carbons (Fsp3) is 0.222. The number of nitrogens with two attached hydrogens (primary N) is 2. The molecule has 1 rings (SSSR count). The number of anilines is 1. The molecule has 0 saturated heterocycles. The number of rotatable bonds is 2. The molecule has 14 heavy (non-hydrogen) atoms. The van der Waals surface area contributed by atoms with Gasteiger partial charge in [-0.05, 0) is 13.0 Å². The van der Waals surface area contributed by atoms with Crippen molar-refractivity contribution in [1.82, 2.24) is 4.98 Å². The van der Waals surface area contributed by atoms with Crippen molar-refractivity contribution in [2.75, 3.05) is 12.8 Å². The lowest BCUT2D eigenvalue weighted by atomic mass is 10.4. The Bertz CT molecular complexity index is 447. The average Bonchev–Trinajstić information content (AvgIpc) is 2.55. The van der Waals surface area contributed by atoms with Crippen LogP contribution in [0.2, 0.25) is 0 Å². The SMILES string of the molecule is C/C=C/C=c1/sc(N)n/c1=C(/N)OC. The van der Waals surface area contributed by atoms with Crippen LogP contribution in [-0.2, 0) is 4.74 Å². The van der Waals surface area contributed by atoms with Gasteiger partial charge in [-0.1, -0.05) is 23.5 Å². The Kier molecular flexibility index (Phi) is 3.53. The van der Waals surface area contributed by atoms with Crippen molar-refractivity contribution in [3.8, 4) is 0 Å². The van der Waals surface area contributed by atoms with Crippen molar-refractivity contribution >= 4 is 28.4 Å². The Balaban J connectivity index is 3.45. The van der Waals surface area contributed by atoms with E-state index < -0.39 is 0 Å². The van der Waals surface area contributed by atoms with E-state index in [0.29, 0.717) is 10.5 Å². The first-order valence-corrected chi connectivity index (χ1v) is 4.89. The molecule has 0 aromatic carbocycles. The first-order valence-electron chi connectivity index (χ1n) is 4.08. The zero-order valence-corrected chi connectivity index (χ0v) is 8.97. The summed E-state index contributed by atoms with van der Waals surface area (Å²) in [5, 5.41) is 1.09. The molecular formula is C9H13N3OS. The molecule has 0 aliphatic rings. The fourth-order valence-corrected chi connectivity index (χ4v) is 1.67. The van der Waals surface area contributed by atoms with E-state index in [1.165, 1.54) is 18.4 Å². The number of aromatic nitrogens is 1. The van der Waals surface area contributed by atoms with Crippen LogP contribution in [0.1, 0.15) is 6.92 Å². The normalized spacial score (nSPS) is 14.9. The van der Waals surface area contributed by atoms with Gasteiger partial charge in [0.1, 0.15) is 5.35 Å². The molecule has 0 aliphatic carbocycles. The lowest BCUT2D eigenvalue weighted by Gasteiger charge is -1.93. The summed E-state index contributed by atoms with van der Waals surface area (Å²) >= 11 is 1.38. The number of allylic oxidation sites excluding steroid dienone is 2. The van der Waals surface area contributed by atoms with E-state index >= 15 is 0 Å². The van der Waals surface area contributed by atoms with E-state index in [0.717, 1.165) is 4.53 Å². The molecule has 0 atom stereocenters. The van der Waals surface area contributed by atoms with Gasteiger partial charge in [-0.2, -0.15) is 0 Å². The summed E-state index contributed by atoms with van der Waals surface area (Å²) < 4.78 is 5.81. The van der Waals surface area contributed by atoms with Gasteiger partial charge in [0.25, 0.3) is 0 Å². The highest BCUT2D eigenvalue weighted by Crippen LogP contribution is 1.95.